The Hall–Kier alpha value is -1.88. The van der Waals surface area contributed by atoms with E-state index < -0.39 is 6.04 Å². The second-order valence-corrected chi connectivity index (χ2v) is 4.68. The summed E-state index contributed by atoms with van der Waals surface area (Å²) in [5.41, 5.74) is 0.743. The topological polar surface area (TPSA) is 70.2 Å². The number of hydrogen-bond donors (Lipinski definition) is 3. The molecule has 0 aromatic heterocycles. The maximum atomic E-state index is 11.8. The Bertz CT molecular complexity index is 418. The lowest BCUT2D eigenvalue weighted by atomic mass is 10.2. The number of anilines is 1. The van der Waals surface area contributed by atoms with E-state index in [1.807, 2.05) is 44.2 Å². The highest BCUT2D eigenvalue weighted by atomic mass is 16.2. The van der Waals surface area contributed by atoms with Gasteiger partial charge in [0.2, 0.25) is 11.8 Å². The molecule has 1 rings (SSSR count). The minimum absolute atomic E-state index is 0.0998. The van der Waals surface area contributed by atoms with Crippen LogP contribution in [-0.4, -0.2) is 30.4 Å². The Labute approximate surface area is 113 Å². The maximum Gasteiger partial charge on any atom is 0.241 e. The van der Waals surface area contributed by atoms with Crippen LogP contribution >= 0.6 is 0 Å². The van der Waals surface area contributed by atoms with E-state index in [1.54, 1.807) is 6.92 Å². The van der Waals surface area contributed by atoms with Gasteiger partial charge in [0.15, 0.2) is 0 Å². The van der Waals surface area contributed by atoms with Gasteiger partial charge in [-0.2, -0.15) is 0 Å². The van der Waals surface area contributed by atoms with Crippen molar-refractivity contribution in [1.82, 2.24) is 10.6 Å². The number of amides is 2. The van der Waals surface area contributed by atoms with Crippen LogP contribution in [0.2, 0.25) is 0 Å². The van der Waals surface area contributed by atoms with E-state index in [4.69, 9.17) is 0 Å². The minimum atomic E-state index is -0.432. The first-order chi connectivity index (χ1) is 8.99. The highest BCUT2D eigenvalue weighted by Crippen LogP contribution is 2.05. The van der Waals surface area contributed by atoms with Crippen molar-refractivity contribution in [3.8, 4) is 0 Å². The summed E-state index contributed by atoms with van der Waals surface area (Å²) >= 11 is 0. The number of benzene rings is 1. The zero-order valence-corrected chi connectivity index (χ0v) is 11.6. The van der Waals surface area contributed by atoms with Crippen molar-refractivity contribution in [2.45, 2.75) is 32.9 Å². The molecule has 0 aliphatic heterocycles. The fourth-order valence-corrected chi connectivity index (χ4v) is 1.48. The predicted molar refractivity (Wildman–Crippen MR) is 75.8 cm³/mol. The van der Waals surface area contributed by atoms with Crippen molar-refractivity contribution in [3.05, 3.63) is 30.3 Å². The van der Waals surface area contributed by atoms with Crippen molar-refractivity contribution < 1.29 is 9.59 Å². The first-order valence-electron chi connectivity index (χ1n) is 6.37. The number of hydrogen-bond acceptors (Lipinski definition) is 3. The largest absolute Gasteiger partial charge is 0.353 e. The molecule has 0 bridgehead atoms. The average Bonchev–Trinajstić information content (AvgIpc) is 2.36. The van der Waals surface area contributed by atoms with Crippen LogP contribution in [0.15, 0.2) is 30.3 Å². The van der Waals surface area contributed by atoms with Gasteiger partial charge in [0.25, 0.3) is 0 Å². The molecule has 5 nitrogen and oxygen atoms in total. The molecule has 0 fully saturated rings. The smallest absolute Gasteiger partial charge is 0.241 e. The summed E-state index contributed by atoms with van der Waals surface area (Å²) in [4.78, 5) is 23.3. The van der Waals surface area contributed by atoms with Crippen LogP contribution in [0.4, 0.5) is 5.69 Å². The fraction of sp³-hybridized carbons (Fsp3) is 0.429. The van der Waals surface area contributed by atoms with Gasteiger partial charge in [-0.1, -0.05) is 18.2 Å². The van der Waals surface area contributed by atoms with Gasteiger partial charge in [-0.25, -0.2) is 0 Å². The summed E-state index contributed by atoms with van der Waals surface area (Å²) in [6.45, 7) is 5.63. The van der Waals surface area contributed by atoms with Crippen LogP contribution in [0.1, 0.15) is 20.8 Å². The van der Waals surface area contributed by atoms with Crippen LogP contribution in [-0.2, 0) is 9.59 Å². The van der Waals surface area contributed by atoms with Crippen molar-refractivity contribution in [2.75, 3.05) is 11.9 Å². The van der Waals surface area contributed by atoms with Crippen LogP contribution < -0.4 is 16.0 Å². The molecule has 0 aliphatic rings. The van der Waals surface area contributed by atoms with Gasteiger partial charge in [-0.3, -0.25) is 14.9 Å². The molecular formula is C14H21N3O2. The molecule has 2 amide bonds. The number of carbonyl (C=O) groups excluding carboxylic acids is 2. The molecule has 0 saturated heterocycles. The number of nitrogens with one attached hydrogen (secondary N) is 3. The Morgan fingerprint density at radius 2 is 1.74 bits per heavy atom. The second-order valence-electron chi connectivity index (χ2n) is 4.68. The molecule has 1 aromatic carbocycles. The average molecular weight is 263 g/mol. The molecule has 19 heavy (non-hydrogen) atoms. The monoisotopic (exact) mass is 263 g/mol. The van der Waals surface area contributed by atoms with Gasteiger partial charge < -0.3 is 10.6 Å². The first kappa shape index (κ1) is 15.2. The van der Waals surface area contributed by atoms with Crippen LogP contribution in [0.5, 0.6) is 0 Å². The number of carbonyl (C=O) groups is 2. The molecule has 104 valence electrons. The summed E-state index contributed by atoms with van der Waals surface area (Å²) in [7, 11) is 0. The van der Waals surface area contributed by atoms with Crippen molar-refractivity contribution >= 4 is 17.5 Å². The lowest BCUT2D eigenvalue weighted by Gasteiger charge is -2.14. The summed E-state index contributed by atoms with van der Waals surface area (Å²) in [5.74, 6) is -0.280. The Kier molecular flexibility index (Phi) is 6.02. The Balaban J connectivity index is 2.35. The molecular weight excluding hydrogens is 242 g/mol. The molecule has 0 aliphatic carbocycles. The minimum Gasteiger partial charge on any atom is -0.353 e. The lowest BCUT2D eigenvalue weighted by Crippen LogP contribution is -2.44. The van der Waals surface area contributed by atoms with Gasteiger partial charge in [-0.05, 0) is 32.9 Å². The third-order valence-electron chi connectivity index (χ3n) is 2.45. The summed E-state index contributed by atoms with van der Waals surface area (Å²) in [6, 6.07) is 8.88. The van der Waals surface area contributed by atoms with Gasteiger partial charge in [-0.15, -0.1) is 0 Å². The highest BCUT2D eigenvalue weighted by Gasteiger charge is 2.13. The molecule has 1 unspecified atom stereocenters. The van der Waals surface area contributed by atoms with E-state index in [2.05, 4.69) is 16.0 Å². The quantitative estimate of drug-likeness (QED) is 0.720. The third-order valence-corrected chi connectivity index (χ3v) is 2.45. The predicted octanol–water partition coefficient (Wildman–Crippen LogP) is 1.13. The number of rotatable bonds is 6. The van der Waals surface area contributed by atoms with Crippen molar-refractivity contribution in [2.24, 2.45) is 0 Å². The van der Waals surface area contributed by atoms with Gasteiger partial charge in [0.1, 0.15) is 0 Å². The molecule has 5 heteroatoms. The van der Waals surface area contributed by atoms with Crippen LogP contribution in [0.3, 0.4) is 0 Å². The van der Waals surface area contributed by atoms with Crippen LogP contribution in [0.25, 0.3) is 0 Å². The molecule has 3 N–H and O–H groups in total. The zero-order valence-electron chi connectivity index (χ0n) is 11.6. The van der Waals surface area contributed by atoms with Crippen molar-refractivity contribution in [1.29, 1.82) is 0 Å². The fourth-order valence-electron chi connectivity index (χ4n) is 1.48. The molecule has 0 spiro atoms. The normalized spacial score (nSPS) is 12.0. The molecule has 0 radical (unpaired) electrons. The highest BCUT2D eigenvalue weighted by molar-refractivity contribution is 5.94. The molecule has 0 saturated carbocycles. The summed E-state index contributed by atoms with van der Waals surface area (Å²) in [6.07, 6.45) is 0. The Morgan fingerprint density at radius 1 is 1.11 bits per heavy atom. The number of para-hydroxylation sites is 1. The van der Waals surface area contributed by atoms with E-state index in [-0.39, 0.29) is 24.4 Å². The molecule has 0 heterocycles. The van der Waals surface area contributed by atoms with Gasteiger partial charge in [0, 0.05) is 11.7 Å². The van der Waals surface area contributed by atoms with E-state index in [9.17, 15) is 9.59 Å². The van der Waals surface area contributed by atoms with E-state index in [0.29, 0.717) is 0 Å². The SMILES string of the molecule is CC(C)NC(=O)CNC(C)C(=O)Nc1ccccc1. The second kappa shape index (κ2) is 7.53. The van der Waals surface area contributed by atoms with Crippen LogP contribution in [0, 0.1) is 0 Å². The van der Waals surface area contributed by atoms with E-state index in [1.165, 1.54) is 0 Å². The first-order valence-corrected chi connectivity index (χ1v) is 6.37. The van der Waals surface area contributed by atoms with E-state index in [0.717, 1.165) is 5.69 Å². The molecule has 1 atom stereocenters. The third kappa shape index (κ3) is 6.01. The van der Waals surface area contributed by atoms with Gasteiger partial charge in [0.05, 0.1) is 12.6 Å². The zero-order chi connectivity index (χ0) is 14.3. The standard InChI is InChI=1S/C14H21N3O2/c1-10(2)16-13(18)9-15-11(3)14(19)17-12-7-5-4-6-8-12/h4-8,10-11,15H,9H2,1-3H3,(H,16,18)(H,17,19). The van der Waals surface area contributed by atoms with Crippen molar-refractivity contribution in [3.63, 3.8) is 0 Å². The lowest BCUT2D eigenvalue weighted by molar-refractivity contribution is -0.121. The van der Waals surface area contributed by atoms with Gasteiger partial charge >= 0.3 is 0 Å². The van der Waals surface area contributed by atoms with E-state index >= 15 is 0 Å². The summed E-state index contributed by atoms with van der Waals surface area (Å²) < 4.78 is 0. The Morgan fingerprint density at radius 3 is 2.32 bits per heavy atom. The molecule has 1 aromatic rings. The summed E-state index contributed by atoms with van der Waals surface area (Å²) in [5, 5.41) is 8.41. The maximum absolute atomic E-state index is 11.8.